The van der Waals surface area contributed by atoms with Gasteiger partial charge >= 0.3 is 0 Å². The largest absolute Gasteiger partial charge is 0.389 e. The van der Waals surface area contributed by atoms with Crippen molar-refractivity contribution in [3.63, 3.8) is 0 Å². The highest BCUT2D eigenvalue weighted by atomic mass is 16.3. The average molecular weight is 444 g/mol. The zero-order valence-electron chi connectivity index (χ0n) is 18.1. The van der Waals surface area contributed by atoms with E-state index in [0.717, 1.165) is 0 Å². The maximum atomic E-state index is 13.5. The van der Waals surface area contributed by atoms with Gasteiger partial charge in [-0.2, -0.15) is 0 Å². The summed E-state index contributed by atoms with van der Waals surface area (Å²) in [5.41, 5.74) is -0.0134. The maximum absolute atomic E-state index is 13.5. The number of nitrogens with one attached hydrogen (secondary N) is 2. The van der Waals surface area contributed by atoms with E-state index in [9.17, 15) is 19.5 Å². The molecule has 1 aliphatic carbocycles. The fraction of sp³-hybridized carbons (Fsp3) is 0.231. The zero-order chi connectivity index (χ0) is 23.4. The molecule has 0 aliphatic heterocycles. The van der Waals surface area contributed by atoms with E-state index >= 15 is 0 Å². The lowest BCUT2D eigenvalue weighted by Crippen LogP contribution is -2.56. The fourth-order valence-electron chi connectivity index (χ4n) is 4.55. The number of rotatable bonds is 5. The number of pyridine rings is 1. The summed E-state index contributed by atoms with van der Waals surface area (Å²) in [6.07, 6.45) is 2.79. The van der Waals surface area contributed by atoms with Crippen molar-refractivity contribution in [2.45, 2.75) is 24.9 Å². The predicted octanol–water partition coefficient (Wildman–Crippen LogP) is 3.40. The number of carbonyl (C=O) groups is 3. The minimum atomic E-state index is -1.65. The van der Waals surface area contributed by atoms with Crippen LogP contribution in [0.2, 0.25) is 0 Å². The second kappa shape index (κ2) is 9.34. The molecule has 1 aromatic heterocycles. The Labute approximate surface area is 191 Å². The quantitative estimate of drug-likeness (QED) is 0.524. The van der Waals surface area contributed by atoms with E-state index in [2.05, 4.69) is 15.6 Å². The van der Waals surface area contributed by atoms with Crippen molar-refractivity contribution in [1.82, 2.24) is 4.98 Å². The summed E-state index contributed by atoms with van der Waals surface area (Å²) in [6, 6.07) is 21.1. The molecule has 4 unspecified atom stereocenters. The first kappa shape index (κ1) is 22.4. The van der Waals surface area contributed by atoms with Crippen LogP contribution >= 0.6 is 0 Å². The summed E-state index contributed by atoms with van der Waals surface area (Å²) in [6.45, 7) is 1.47. The summed E-state index contributed by atoms with van der Waals surface area (Å²) in [5, 5.41) is 16.9. The number of carbonyl (C=O) groups excluding carboxylic acids is 3. The van der Waals surface area contributed by atoms with E-state index in [1.807, 2.05) is 12.1 Å². The van der Waals surface area contributed by atoms with Gasteiger partial charge in [-0.05, 0) is 42.8 Å². The van der Waals surface area contributed by atoms with Gasteiger partial charge in [0.1, 0.15) is 11.7 Å². The lowest BCUT2D eigenvalue weighted by Gasteiger charge is -2.44. The molecular weight excluding hydrogens is 418 g/mol. The normalized spacial score (nSPS) is 24.7. The molecule has 1 fully saturated rings. The smallest absolute Gasteiger partial charge is 0.235 e. The Morgan fingerprint density at radius 3 is 2.03 bits per heavy atom. The molecule has 3 N–H and O–H groups in total. The van der Waals surface area contributed by atoms with Gasteiger partial charge in [-0.1, -0.05) is 42.5 Å². The maximum Gasteiger partial charge on any atom is 0.235 e. The van der Waals surface area contributed by atoms with Gasteiger partial charge in [0, 0.05) is 36.1 Å². The Balaban J connectivity index is 1.74. The third kappa shape index (κ3) is 4.83. The molecule has 0 radical (unpaired) electrons. The molecule has 4 rings (SSSR count). The average Bonchev–Trinajstić information content (AvgIpc) is 2.79. The molecule has 2 aromatic carbocycles. The van der Waals surface area contributed by atoms with Gasteiger partial charge in [-0.25, -0.2) is 0 Å². The molecule has 1 aliphatic rings. The van der Waals surface area contributed by atoms with Crippen LogP contribution in [0, 0.1) is 11.8 Å². The highest BCUT2D eigenvalue weighted by Gasteiger charge is 2.56. The van der Waals surface area contributed by atoms with Crippen LogP contribution in [0.1, 0.15) is 24.8 Å². The Morgan fingerprint density at radius 2 is 1.48 bits per heavy atom. The van der Waals surface area contributed by atoms with Crippen molar-refractivity contribution >= 4 is 29.0 Å². The van der Waals surface area contributed by atoms with Crippen LogP contribution in [0.5, 0.6) is 0 Å². The van der Waals surface area contributed by atoms with E-state index in [-0.39, 0.29) is 6.42 Å². The van der Waals surface area contributed by atoms with Gasteiger partial charge in [0.2, 0.25) is 11.8 Å². The molecule has 2 amide bonds. The SMILES string of the molecule is CC1(O)CC(=O)C(C(=O)Nc2ccccc2)C(c2cccnc2)C1C(=O)Nc1ccccc1. The van der Waals surface area contributed by atoms with E-state index < -0.39 is 41.0 Å². The predicted molar refractivity (Wildman–Crippen MR) is 124 cm³/mol. The number of Topliss-reactive ketones (excluding diaryl/α,β-unsaturated/α-hetero) is 1. The second-order valence-corrected chi connectivity index (χ2v) is 8.48. The fourth-order valence-corrected chi connectivity index (χ4v) is 4.55. The summed E-state index contributed by atoms with van der Waals surface area (Å²) in [7, 11) is 0. The summed E-state index contributed by atoms with van der Waals surface area (Å²) in [4.78, 5) is 44.1. The number of amides is 2. The van der Waals surface area contributed by atoms with Crippen LogP contribution in [0.15, 0.2) is 85.2 Å². The van der Waals surface area contributed by atoms with Crippen LogP contribution in [-0.2, 0) is 14.4 Å². The molecule has 0 saturated heterocycles. The lowest BCUT2D eigenvalue weighted by molar-refractivity contribution is -0.150. The monoisotopic (exact) mass is 443 g/mol. The minimum Gasteiger partial charge on any atom is -0.389 e. The van der Waals surface area contributed by atoms with Crippen molar-refractivity contribution in [2.24, 2.45) is 11.8 Å². The van der Waals surface area contributed by atoms with Gasteiger partial charge in [-0.3, -0.25) is 19.4 Å². The molecule has 1 heterocycles. The second-order valence-electron chi connectivity index (χ2n) is 8.48. The van der Waals surface area contributed by atoms with Crippen LogP contribution in [-0.4, -0.2) is 33.3 Å². The molecule has 168 valence electrons. The Morgan fingerprint density at radius 1 is 0.909 bits per heavy atom. The van der Waals surface area contributed by atoms with E-state index in [4.69, 9.17) is 0 Å². The first-order valence-corrected chi connectivity index (χ1v) is 10.7. The van der Waals surface area contributed by atoms with Gasteiger partial charge < -0.3 is 15.7 Å². The van der Waals surface area contributed by atoms with E-state index in [0.29, 0.717) is 16.9 Å². The molecule has 7 heteroatoms. The highest BCUT2D eigenvalue weighted by Crippen LogP contribution is 2.46. The van der Waals surface area contributed by atoms with Crippen molar-refractivity contribution in [3.8, 4) is 0 Å². The van der Waals surface area contributed by atoms with Crippen molar-refractivity contribution in [1.29, 1.82) is 0 Å². The molecular formula is C26H25N3O4. The van der Waals surface area contributed by atoms with Crippen molar-refractivity contribution in [2.75, 3.05) is 10.6 Å². The number of ketones is 1. The van der Waals surface area contributed by atoms with Gasteiger partial charge in [0.05, 0.1) is 11.5 Å². The number of para-hydroxylation sites is 2. The summed E-state index contributed by atoms with van der Waals surface area (Å²) in [5.74, 6) is -4.54. The highest BCUT2D eigenvalue weighted by molar-refractivity contribution is 6.10. The standard InChI is InChI=1S/C26H25N3O4/c1-26(33)15-20(30)22(24(31)28-18-10-4-2-5-11-18)21(17-9-8-14-27-16-17)23(26)25(32)29-19-12-6-3-7-13-19/h2-14,16,21-23,33H,15H2,1H3,(H,28,31)(H,29,32). The van der Waals surface area contributed by atoms with E-state index in [1.54, 1.807) is 66.9 Å². The number of anilines is 2. The molecule has 1 saturated carbocycles. The molecule has 0 spiro atoms. The van der Waals surface area contributed by atoms with Gasteiger partial charge in [-0.15, -0.1) is 0 Å². The number of nitrogens with zero attached hydrogens (tertiary/aromatic N) is 1. The Hall–Kier alpha value is -3.84. The number of aliphatic hydroxyl groups is 1. The minimum absolute atomic E-state index is 0.316. The summed E-state index contributed by atoms with van der Waals surface area (Å²) < 4.78 is 0. The Bertz CT molecular complexity index is 1130. The van der Waals surface area contributed by atoms with Crippen LogP contribution in [0.3, 0.4) is 0 Å². The molecule has 4 atom stereocenters. The van der Waals surface area contributed by atoms with Crippen LogP contribution in [0.4, 0.5) is 11.4 Å². The topological polar surface area (TPSA) is 108 Å². The third-order valence-corrected chi connectivity index (χ3v) is 5.98. The van der Waals surface area contributed by atoms with Crippen LogP contribution in [0.25, 0.3) is 0 Å². The lowest BCUT2D eigenvalue weighted by atomic mass is 9.61. The van der Waals surface area contributed by atoms with Gasteiger partial charge in [0.15, 0.2) is 0 Å². The number of aromatic nitrogens is 1. The number of hydrogen-bond donors (Lipinski definition) is 3. The first-order chi connectivity index (χ1) is 15.9. The van der Waals surface area contributed by atoms with Gasteiger partial charge in [0.25, 0.3) is 0 Å². The molecule has 0 bridgehead atoms. The first-order valence-electron chi connectivity index (χ1n) is 10.7. The molecule has 33 heavy (non-hydrogen) atoms. The summed E-state index contributed by atoms with van der Waals surface area (Å²) >= 11 is 0. The number of benzene rings is 2. The van der Waals surface area contributed by atoms with Crippen LogP contribution < -0.4 is 10.6 Å². The van der Waals surface area contributed by atoms with E-state index in [1.165, 1.54) is 13.1 Å². The zero-order valence-corrected chi connectivity index (χ0v) is 18.1. The van der Waals surface area contributed by atoms with Crippen molar-refractivity contribution in [3.05, 3.63) is 90.8 Å². The van der Waals surface area contributed by atoms with Crippen molar-refractivity contribution < 1.29 is 19.5 Å². The number of hydrogen-bond acceptors (Lipinski definition) is 5. The Kier molecular flexibility index (Phi) is 6.33. The molecule has 3 aromatic rings. The third-order valence-electron chi connectivity index (χ3n) is 5.98. The molecule has 7 nitrogen and oxygen atoms in total.